The predicted molar refractivity (Wildman–Crippen MR) is 115 cm³/mol. The number of nitrogens with zero attached hydrogens (tertiary/aromatic N) is 2. The lowest BCUT2D eigenvalue weighted by Gasteiger charge is -2.16. The quantitative estimate of drug-likeness (QED) is 0.335. The summed E-state index contributed by atoms with van der Waals surface area (Å²) in [6.07, 6.45) is 1.90. The van der Waals surface area contributed by atoms with Gasteiger partial charge in [-0.1, -0.05) is 0 Å². The molecule has 2 heterocycles. The Labute approximate surface area is 185 Å². The number of pyridine rings is 2. The summed E-state index contributed by atoms with van der Waals surface area (Å²) in [6.45, 7) is 1.54. The first-order valence-electron chi connectivity index (χ1n) is 9.84. The molecule has 0 saturated carbocycles. The maximum Gasteiger partial charge on any atom is 0.419 e. The number of ether oxygens (including phenoxy) is 2. The first-order valence-corrected chi connectivity index (χ1v) is 9.84. The maximum absolute atomic E-state index is 14.7. The van der Waals surface area contributed by atoms with E-state index in [4.69, 9.17) is 9.47 Å². The third kappa shape index (κ3) is 4.20. The highest BCUT2D eigenvalue weighted by molar-refractivity contribution is 5.93. The number of halogens is 2. The lowest BCUT2D eigenvalue weighted by molar-refractivity contribution is 0.0734. The standard InChI is InChI=1S/C24H16F2N2O5/c1-2-32-24(31)28-19(12-20(29)17-9-10-18(25)21(26)22(17)28)14-5-7-16(8-6-14)33-23(30)15-4-3-11-27-13-15/h3-13H,2H2,1H3. The van der Waals surface area contributed by atoms with Gasteiger partial charge in [-0.3, -0.25) is 9.78 Å². The molecule has 4 rings (SSSR count). The SMILES string of the molecule is CCOC(=O)n1c(-c2ccc(OC(=O)c3cccnc3)cc2)cc(=O)c2ccc(F)c(F)c21. The lowest BCUT2D eigenvalue weighted by atomic mass is 10.1. The van der Waals surface area contributed by atoms with Gasteiger partial charge in [-0.05, 0) is 61.0 Å². The Balaban J connectivity index is 1.80. The van der Waals surface area contributed by atoms with Crippen LogP contribution in [0.1, 0.15) is 17.3 Å². The molecule has 0 saturated heterocycles. The molecule has 0 radical (unpaired) electrons. The minimum atomic E-state index is -1.35. The highest BCUT2D eigenvalue weighted by atomic mass is 19.2. The summed E-state index contributed by atoms with van der Waals surface area (Å²) in [7, 11) is 0. The number of hydrogen-bond donors (Lipinski definition) is 0. The molecule has 0 atom stereocenters. The van der Waals surface area contributed by atoms with Gasteiger partial charge in [-0.15, -0.1) is 0 Å². The molecular weight excluding hydrogens is 434 g/mol. The summed E-state index contributed by atoms with van der Waals surface area (Å²) in [6, 6.07) is 12.0. The van der Waals surface area contributed by atoms with E-state index in [9.17, 15) is 23.2 Å². The van der Waals surface area contributed by atoms with Crippen molar-refractivity contribution in [2.75, 3.05) is 6.61 Å². The number of benzene rings is 2. The molecule has 2 aromatic heterocycles. The normalized spacial score (nSPS) is 10.8. The van der Waals surface area contributed by atoms with E-state index < -0.39 is 34.6 Å². The topological polar surface area (TPSA) is 87.5 Å². The molecule has 33 heavy (non-hydrogen) atoms. The van der Waals surface area contributed by atoms with Gasteiger partial charge >= 0.3 is 12.1 Å². The van der Waals surface area contributed by atoms with E-state index in [2.05, 4.69) is 4.98 Å². The van der Waals surface area contributed by atoms with Gasteiger partial charge in [0.2, 0.25) is 0 Å². The number of fused-ring (bicyclic) bond motifs is 1. The van der Waals surface area contributed by atoms with Gasteiger partial charge in [0.1, 0.15) is 11.3 Å². The van der Waals surface area contributed by atoms with Crippen LogP contribution < -0.4 is 10.2 Å². The molecule has 0 aliphatic rings. The molecule has 9 heteroatoms. The molecule has 166 valence electrons. The predicted octanol–water partition coefficient (Wildman–Crippen LogP) is 4.57. The monoisotopic (exact) mass is 450 g/mol. The average Bonchev–Trinajstić information content (AvgIpc) is 2.82. The molecule has 2 aromatic carbocycles. The van der Waals surface area contributed by atoms with Crippen LogP contribution in [0.5, 0.6) is 5.75 Å². The second-order valence-corrected chi connectivity index (χ2v) is 6.84. The summed E-state index contributed by atoms with van der Waals surface area (Å²) in [5.41, 5.74) is -0.577. The molecule has 0 unspecified atom stereocenters. The van der Waals surface area contributed by atoms with Crippen molar-refractivity contribution in [3.05, 3.63) is 94.4 Å². The molecule has 4 aromatic rings. The summed E-state index contributed by atoms with van der Waals surface area (Å²) < 4.78 is 39.8. The minimum absolute atomic E-state index is 0.0133. The van der Waals surface area contributed by atoms with Crippen LogP contribution in [-0.4, -0.2) is 28.2 Å². The Hall–Kier alpha value is -4.40. The van der Waals surface area contributed by atoms with Crippen LogP contribution in [0.15, 0.2) is 71.8 Å². The van der Waals surface area contributed by atoms with Gasteiger partial charge in [0.15, 0.2) is 17.1 Å². The fraction of sp³-hybridized carbons (Fsp3) is 0.0833. The molecule has 0 fully saturated rings. The van der Waals surface area contributed by atoms with Gasteiger partial charge in [0.05, 0.1) is 17.9 Å². The van der Waals surface area contributed by atoms with Crippen molar-refractivity contribution >= 4 is 23.0 Å². The Bertz CT molecular complexity index is 1420. The first kappa shape index (κ1) is 21.8. The van der Waals surface area contributed by atoms with E-state index >= 15 is 0 Å². The van der Waals surface area contributed by atoms with E-state index in [1.807, 2.05) is 0 Å². The molecular formula is C24H16F2N2O5. The van der Waals surface area contributed by atoms with Crippen molar-refractivity contribution < 1.29 is 27.8 Å². The van der Waals surface area contributed by atoms with Crippen molar-refractivity contribution in [3.8, 4) is 17.0 Å². The summed E-state index contributed by atoms with van der Waals surface area (Å²) in [4.78, 5) is 41.3. The van der Waals surface area contributed by atoms with E-state index in [0.717, 1.165) is 22.8 Å². The van der Waals surface area contributed by atoms with E-state index in [-0.39, 0.29) is 29.0 Å². The van der Waals surface area contributed by atoms with Gasteiger partial charge in [-0.2, -0.15) is 0 Å². The van der Waals surface area contributed by atoms with E-state index in [1.54, 1.807) is 19.1 Å². The molecule has 0 N–H and O–H groups in total. The van der Waals surface area contributed by atoms with Crippen molar-refractivity contribution in [1.29, 1.82) is 0 Å². The Morgan fingerprint density at radius 1 is 1.06 bits per heavy atom. The van der Waals surface area contributed by atoms with Crippen LogP contribution in [0.4, 0.5) is 13.6 Å². The number of carbonyl (C=O) groups excluding carboxylic acids is 2. The first-order chi connectivity index (χ1) is 15.9. The smallest absolute Gasteiger partial charge is 0.419 e. The zero-order chi connectivity index (χ0) is 23.5. The van der Waals surface area contributed by atoms with E-state index in [1.165, 1.54) is 36.7 Å². The van der Waals surface area contributed by atoms with Gasteiger partial charge in [0, 0.05) is 23.8 Å². The van der Waals surface area contributed by atoms with Gasteiger partial charge < -0.3 is 9.47 Å². The van der Waals surface area contributed by atoms with Crippen LogP contribution in [0.25, 0.3) is 22.2 Å². The third-order valence-electron chi connectivity index (χ3n) is 4.78. The number of carbonyl (C=O) groups is 2. The van der Waals surface area contributed by atoms with Crippen LogP contribution in [0, 0.1) is 11.6 Å². The van der Waals surface area contributed by atoms with Crippen molar-refractivity contribution in [3.63, 3.8) is 0 Å². The zero-order valence-electron chi connectivity index (χ0n) is 17.2. The number of rotatable bonds is 4. The van der Waals surface area contributed by atoms with Crippen LogP contribution in [0.2, 0.25) is 0 Å². The Morgan fingerprint density at radius 2 is 1.82 bits per heavy atom. The fourth-order valence-corrected chi connectivity index (χ4v) is 3.28. The average molecular weight is 450 g/mol. The highest BCUT2D eigenvalue weighted by Gasteiger charge is 2.22. The molecule has 0 aliphatic carbocycles. The van der Waals surface area contributed by atoms with Crippen LogP contribution >= 0.6 is 0 Å². The maximum atomic E-state index is 14.7. The largest absolute Gasteiger partial charge is 0.449 e. The van der Waals surface area contributed by atoms with Crippen molar-refractivity contribution in [2.24, 2.45) is 0 Å². The molecule has 0 bridgehead atoms. The summed E-state index contributed by atoms with van der Waals surface area (Å²) in [5, 5.41) is -0.173. The highest BCUT2D eigenvalue weighted by Crippen LogP contribution is 2.27. The molecule has 0 aliphatic heterocycles. The van der Waals surface area contributed by atoms with Gasteiger partial charge in [-0.25, -0.2) is 22.9 Å². The van der Waals surface area contributed by atoms with Crippen molar-refractivity contribution in [1.82, 2.24) is 9.55 Å². The number of hydrogen-bond acceptors (Lipinski definition) is 6. The van der Waals surface area contributed by atoms with Gasteiger partial charge in [0.25, 0.3) is 0 Å². The zero-order valence-corrected chi connectivity index (χ0v) is 17.2. The third-order valence-corrected chi connectivity index (χ3v) is 4.78. The number of esters is 1. The lowest BCUT2D eigenvalue weighted by Crippen LogP contribution is -2.21. The van der Waals surface area contributed by atoms with Crippen LogP contribution in [0.3, 0.4) is 0 Å². The second kappa shape index (κ2) is 8.99. The summed E-state index contributed by atoms with van der Waals surface area (Å²) in [5.74, 6) is -2.99. The van der Waals surface area contributed by atoms with Crippen molar-refractivity contribution in [2.45, 2.75) is 6.92 Å². The fourth-order valence-electron chi connectivity index (χ4n) is 3.28. The second-order valence-electron chi connectivity index (χ2n) is 6.84. The van der Waals surface area contributed by atoms with Crippen LogP contribution in [-0.2, 0) is 4.74 Å². The molecule has 7 nitrogen and oxygen atoms in total. The Morgan fingerprint density at radius 3 is 2.48 bits per heavy atom. The molecule has 0 amide bonds. The Kier molecular flexibility index (Phi) is 5.95. The van der Waals surface area contributed by atoms with E-state index in [0.29, 0.717) is 5.56 Å². The summed E-state index contributed by atoms with van der Waals surface area (Å²) >= 11 is 0. The number of aromatic nitrogens is 2. The minimum Gasteiger partial charge on any atom is -0.449 e. The molecule has 0 spiro atoms.